The summed E-state index contributed by atoms with van der Waals surface area (Å²) in [7, 11) is 0. The fraction of sp³-hybridized carbons (Fsp3) is 0.333. The van der Waals surface area contributed by atoms with E-state index in [0.29, 0.717) is 12.0 Å². The zero-order valence-electron chi connectivity index (χ0n) is 8.30. The molecule has 0 aliphatic heterocycles. The second kappa shape index (κ2) is 5.35. The molecule has 6 heteroatoms. The Morgan fingerprint density at radius 3 is 2.67 bits per heavy atom. The number of nitrogens with zero attached hydrogens (tertiary/aromatic N) is 2. The molecular weight excluding hydrogens is 212 g/mol. The lowest BCUT2D eigenvalue weighted by atomic mass is 10.2. The summed E-state index contributed by atoms with van der Waals surface area (Å²) in [6, 6.07) is -0.285. The summed E-state index contributed by atoms with van der Waals surface area (Å²) in [6.45, 7) is 1.89. The minimum absolute atomic E-state index is 0.268. The first-order valence-corrected chi connectivity index (χ1v) is 4.91. The summed E-state index contributed by atoms with van der Waals surface area (Å²) in [4.78, 5) is 19.4. The zero-order valence-corrected chi connectivity index (χ0v) is 9.12. The first-order chi connectivity index (χ1) is 7.15. The summed E-state index contributed by atoms with van der Waals surface area (Å²) >= 11 is 4.82. The van der Waals surface area contributed by atoms with Gasteiger partial charge in [-0.1, -0.05) is 19.1 Å². The van der Waals surface area contributed by atoms with Gasteiger partial charge in [0, 0.05) is 12.4 Å². The van der Waals surface area contributed by atoms with Crippen LogP contribution in [0, 0.1) is 0 Å². The molecule has 0 radical (unpaired) electrons. The fourth-order valence-corrected chi connectivity index (χ4v) is 1.26. The summed E-state index contributed by atoms with van der Waals surface area (Å²) in [5.74, 6) is -0.268. The molecular formula is C9H12N4OS. The molecule has 0 fully saturated rings. The Morgan fingerprint density at radius 1 is 1.60 bits per heavy atom. The number of amides is 1. The fourth-order valence-electron chi connectivity index (χ4n) is 1.03. The highest BCUT2D eigenvalue weighted by atomic mass is 32.1. The minimum Gasteiger partial charge on any atom is -0.392 e. The van der Waals surface area contributed by atoms with Crippen molar-refractivity contribution in [2.45, 2.75) is 19.4 Å². The Hall–Kier alpha value is -1.56. The van der Waals surface area contributed by atoms with Crippen molar-refractivity contribution in [1.82, 2.24) is 15.3 Å². The van der Waals surface area contributed by atoms with Gasteiger partial charge >= 0.3 is 0 Å². The summed E-state index contributed by atoms with van der Waals surface area (Å²) < 4.78 is 0. The highest BCUT2D eigenvalue weighted by Gasteiger charge is 2.14. The Balaban J connectivity index is 2.67. The Kier molecular flexibility index (Phi) is 4.11. The van der Waals surface area contributed by atoms with Crippen molar-refractivity contribution in [1.29, 1.82) is 0 Å². The maximum Gasteiger partial charge on any atom is 0.254 e. The van der Waals surface area contributed by atoms with E-state index in [0.717, 1.165) is 0 Å². The van der Waals surface area contributed by atoms with Crippen molar-refractivity contribution in [2.24, 2.45) is 5.73 Å². The maximum atomic E-state index is 11.6. The van der Waals surface area contributed by atoms with Gasteiger partial charge in [-0.15, -0.1) is 0 Å². The monoisotopic (exact) mass is 224 g/mol. The predicted molar refractivity (Wildman–Crippen MR) is 60.4 cm³/mol. The lowest BCUT2D eigenvalue weighted by Crippen LogP contribution is -2.43. The summed E-state index contributed by atoms with van der Waals surface area (Å²) in [6.07, 6.45) is 4.90. The van der Waals surface area contributed by atoms with Crippen molar-refractivity contribution in [3.8, 4) is 0 Å². The quantitative estimate of drug-likeness (QED) is 0.717. The number of hydrogen-bond donors (Lipinski definition) is 2. The molecule has 1 rings (SSSR count). The predicted octanol–water partition coefficient (Wildman–Crippen LogP) is 0.271. The van der Waals surface area contributed by atoms with E-state index in [-0.39, 0.29) is 16.9 Å². The SMILES string of the molecule is CCC(NC(=O)c1cncnc1)C(N)=S. The van der Waals surface area contributed by atoms with Crippen LogP contribution < -0.4 is 11.1 Å². The van der Waals surface area contributed by atoms with Crippen LogP contribution in [0.25, 0.3) is 0 Å². The third-order valence-electron chi connectivity index (χ3n) is 1.88. The van der Waals surface area contributed by atoms with Crippen LogP contribution in [0.4, 0.5) is 0 Å². The molecule has 1 atom stereocenters. The number of carbonyl (C=O) groups is 1. The Bertz CT molecular complexity index is 354. The van der Waals surface area contributed by atoms with Gasteiger partial charge < -0.3 is 11.1 Å². The van der Waals surface area contributed by atoms with E-state index in [9.17, 15) is 4.79 Å². The lowest BCUT2D eigenvalue weighted by Gasteiger charge is -2.14. The van der Waals surface area contributed by atoms with E-state index in [1.54, 1.807) is 0 Å². The largest absolute Gasteiger partial charge is 0.392 e. The minimum atomic E-state index is -0.285. The first-order valence-electron chi connectivity index (χ1n) is 4.50. The number of aromatic nitrogens is 2. The maximum absolute atomic E-state index is 11.6. The smallest absolute Gasteiger partial charge is 0.254 e. The molecule has 1 heterocycles. The Labute approximate surface area is 93.1 Å². The molecule has 1 amide bonds. The van der Waals surface area contributed by atoms with Crippen LogP contribution in [-0.4, -0.2) is 26.9 Å². The molecule has 0 aromatic carbocycles. The lowest BCUT2D eigenvalue weighted by molar-refractivity contribution is 0.0945. The van der Waals surface area contributed by atoms with Crippen LogP contribution in [-0.2, 0) is 0 Å². The molecule has 15 heavy (non-hydrogen) atoms. The summed E-state index contributed by atoms with van der Waals surface area (Å²) in [5, 5.41) is 2.70. The van der Waals surface area contributed by atoms with Gasteiger partial charge in [0.25, 0.3) is 5.91 Å². The third kappa shape index (κ3) is 3.25. The van der Waals surface area contributed by atoms with Crippen LogP contribution in [0.3, 0.4) is 0 Å². The average Bonchev–Trinajstić information content (AvgIpc) is 2.26. The normalized spacial score (nSPS) is 11.8. The molecule has 1 unspecified atom stereocenters. The van der Waals surface area contributed by atoms with Crippen LogP contribution in [0.5, 0.6) is 0 Å². The molecule has 0 spiro atoms. The van der Waals surface area contributed by atoms with Gasteiger partial charge in [0.2, 0.25) is 0 Å². The van der Waals surface area contributed by atoms with E-state index in [2.05, 4.69) is 15.3 Å². The van der Waals surface area contributed by atoms with Crippen LogP contribution >= 0.6 is 12.2 Å². The second-order valence-corrected chi connectivity index (χ2v) is 3.44. The van der Waals surface area contributed by atoms with Crippen molar-refractivity contribution in [3.63, 3.8) is 0 Å². The second-order valence-electron chi connectivity index (χ2n) is 2.96. The van der Waals surface area contributed by atoms with Crippen LogP contribution in [0.1, 0.15) is 23.7 Å². The molecule has 0 bridgehead atoms. The van der Waals surface area contributed by atoms with Gasteiger partial charge in [-0.3, -0.25) is 4.79 Å². The number of nitrogens with one attached hydrogen (secondary N) is 1. The molecule has 0 aliphatic rings. The highest BCUT2D eigenvalue weighted by molar-refractivity contribution is 7.80. The van der Waals surface area contributed by atoms with Crippen molar-refractivity contribution < 1.29 is 4.79 Å². The first kappa shape index (κ1) is 11.5. The van der Waals surface area contributed by atoms with Gasteiger partial charge in [0.1, 0.15) is 6.33 Å². The number of hydrogen-bond acceptors (Lipinski definition) is 4. The van der Waals surface area contributed by atoms with E-state index in [1.165, 1.54) is 18.7 Å². The molecule has 1 aromatic heterocycles. The summed E-state index contributed by atoms with van der Waals surface area (Å²) in [5.41, 5.74) is 5.85. The van der Waals surface area contributed by atoms with Gasteiger partial charge in [0.05, 0.1) is 16.6 Å². The van der Waals surface area contributed by atoms with Crippen molar-refractivity contribution >= 4 is 23.1 Å². The van der Waals surface area contributed by atoms with E-state index < -0.39 is 0 Å². The topological polar surface area (TPSA) is 80.9 Å². The van der Waals surface area contributed by atoms with Crippen molar-refractivity contribution in [3.05, 3.63) is 24.3 Å². The zero-order chi connectivity index (χ0) is 11.3. The third-order valence-corrected chi connectivity index (χ3v) is 2.16. The average molecular weight is 224 g/mol. The molecule has 0 saturated heterocycles. The molecule has 0 aliphatic carbocycles. The number of thiocarbonyl (C=S) groups is 1. The molecule has 5 nitrogen and oxygen atoms in total. The number of nitrogens with two attached hydrogens (primary N) is 1. The standard InChI is InChI=1S/C9H12N4OS/c1-2-7(8(10)15)13-9(14)6-3-11-5-12-4-6/h3-5,7H,2H2,1H3,(H2,10,15)(H,13,14). The molecule has 1 aromatic rings. The Morgan fingerprint density at radius 2 is 2.20 bits per heavy atom. The van der Waals surface area contributed by atoms with E-state index in [1.807, 2.05) is 6.92 Å². The van der Waals surface area contributed by atoms with Gasteiger partial charge in [-0.25, -0.2) is 9.97 Å². The molecule has 80 valence electrons. The van der Waals surface area contributed by atoms with Crippen molar-refractivity contribution in [2.75, 3.05) is 0 Å². The van der Waals surface area contributed by atoms with E-state index in [4.69, 9.17) is 18.0 Å². The van der Waals surface area contributed by atoms with Gasteiger partial charge in [-0.05, 0) is 6.42 Å². The van der Waals surface area contributed by atoms with E-state index >= 15 is 0 Å². The van der Waals surface area contributed by atoms with Gasteiger partial charge in [-0.2, -0.15) is 0 Å². The number of carbonyl (C=O) groups excluding carboxylic acids is 1. The molecule has 0 saturated carbocycles. The highest BCUT2D eigenvalue weighted by Crippen LogP contribution is 1.97. The molecule has 3 N–H and O–H groups in total. The van der Waals surface area contributed by atoms with Crippen LogP contribution in [0.2, 0.25) is 0 Å². The number of rotatable bonds is 4. The van der Waals surface area contributed by atoms with Gasteiger partial charge in [0.15, 0.2) is 0 Å². The van der Waals surface area contributed by atoms with Crippen LogP contribution in [0.15, 0.2) is 18.7 Å².